The lowest BCUT2D eigenvalue weighted by atomic mass is 9.85. The smallest absolute Gasteiger partial charge is 0.290 e. The van der Waals surface area contributed by atoms with Gasteiger partial charge in [0.25, 0.3) is 10.0 Å². The first-order valence-corrected chi connectivity index (χ1v) is 9.31. The Balaban J connectivity index is 1.79. The number of alkyl halides is 3. The van der Waals surface area contributed by atoms with Gasteiger partial charge in [0, 0.05) is 12.7 Å². The number of halogens is 3. The van der Waals surface area contributed by atoms with Crippen LogP contribution in [0.2, 0.25) is 0 Å². The third-order valence-corrected chi connectivity index (χ3v) is 5.45. The van der Waals surface area contributed by atoms with E-state index in [9.17, 15) is 26.4 Å². The van der Waals surface area contributed by atoms with Gasteiger partial charge in [-0.15, -0.1) is 0 Å². The Morgan fingerprint density at radius 1 is 1.27 bits per heavy atom. The standard InChI is InChI=1S/C14H16F3N5O3S/c15-14(16,17)9-21-7-5-11(19-13(21)23)20-26(24,25)12-4-6-18-22(12)8-10-2-1-3-10/h4-7,10H,1-3,8-9H2,(H,19,20,23). The zero-order chi connectivity index (χ0) is 18.9. The summed E-state index contributed by atoms with van der Waals surface area (Å²) in [6.07, 6.45) is 0.719. The molecule has 3 rings (SSSR count). The number of sulfonamides is 1. The van der Waals surface area contributed by atoms with Crippen LogP contribution >= 0.6 is 0 Å². The van der Waals surface area contributed by atoms with E-state index in [-0.39, 0.29) is 10.8 Å². The number of hydrogen-bond acceptors (Lipinski definition) is 5. The lowest BCUT2D eigenvalue weighted by Crippen LogP contribution is -2.30. The van der Waals surface area contributed by atoms with Crippen LogP contribution in [0.4, 0.5) is 19.0 Å². The SMILES string of the molecule is O=c1nc(NS(=O)(=O)c2ccnn2CC2CCC2)ccn1CC(F)(F)F. The molecule has 1 saturated carbocycles. The molecule has 0 amide bonds. The minimum atomic E-state index is -4.58. The molecular weight excluding hydrogens is 375 g/mol. The molecule has 2 heterocycles. The molecule has 0 aromatic carbocycles. The minimum Gasteiger partial charge on any atom is -0.290 e. The van der Waals surface area contributed by atoms with Crippen LogP contribution in [-0.2, 0) is 23.1 Å². The first-order chi connectivity index (χ1) is 12.1. The number of hydrogen-bond donors (Lipinski definition) is 1. The molecule has 0 aliphatic heterocycles. The van der Waals surface area contributed by atoms with Crippen molar-refractivity contribution in [1.29, 1.82) is 0 Å². The van der Waals surface area contributed by atoms with Crippen molar-refractivity contribution >= 4 is 15.8 Å². The van der Waals surface area contributed by atoms with E-state index in [1.165, 1.54) is 16.9 Å². The average Bonchev–Trinajstić information content (AvgIpc) is 2.93. The quantitative estimate of drug-likeness (QED) is 0.807. The van der Waals surface area contributed by atoms with Crippen molar-refractivity contribution < 1.29 is 21.6 Å². The van der Waals surface area contributed by atoms with Crippen molar-refractivity contribution in [2.24, 2.45) is 5.92 Å². The van der Waals surface area contributed by atoms with Gasteiger partial charge in [-0.05, 0) is 30.9 Å². The third kappa shape index (κ3) is 4.23. The first kappa shape index (κ1) is 18.4. The predicted octanol–water partition coefficient (Wildman–Crippen LogP) is 1.60. The van der Waals surface area contributed by atoms with Gasteiger partial charge in [-0.25, -0.2) is 4.79 Å². The molecule has 0 atom stereocenters. The number of anilines is 1. The molecule has 1 N–H and O–H groups in total. The van der Waals surface area contributed by atoms with Crippen LogP contribution in [0, 0.1) is 5.92 Å². The maximum Gasteiger partial charge on any atom is 0.406 e. The number of rotatable bonds is 6. The van der Waals surface area contributed by atoms with E-state index < -0.39 is 28.4 Å². The highest BCUT2D eigenvalue weighted by molar-refractivity contribution is 7.92. The molecule has 142 valence electrons. The van der Waals surface area contributed by atoms with E-state index in [2.05, 4.69) is 14.8 Å². The molecule has 1 aliphatic carbocycles. The van der Waals surface area contributed by atoms with Gasteiger partial charge in [0.2, 0.25) is 0 Å². The summed E-state index contributed by atoms with van der Waals surface area (Å²) in [5, 5.41) is 3.91. The Morgan fingerprint density at radius 2 is 2.00 bits per heavy atom. The second kappa shape index (κ2) is 6.74. The van der Waals surface area contributed by atoms with Crippen molar-refractivity contribution in [3.05, 3.63) is 35.0 Å². The molecule has 0 unspecified atom stereocenters. The highest BCUT2D eigenvalue weighted by Gasteiger charge is 2.29. The molecule has 1 aliphatic rings. The summed E-state index contributed by atoms with van der Waals surface area (Å²) in [7, 11) is -4.08. The van der Waals surface area contributed by atoms with Crippen molar-refractivity contribution in [1.82, 2.24) is 19.3 Å². The lowest BCUT2D eigenvalue weighted by molar-refractivity contribution is -0.141. The van der Waals surface area contributed by atoms with Crippen LogP contribution in [0.1, 0.15) is 19.3 Å². The van der Waals surface area contributed by atoms with Crippen LogP contribution in [0.5, 0.6) is 0 Å². The highest BCUT2D eigenvalue weighted by atomic mass is 32.2. The molecule has 2 aromatic heterocycles. The monoisotopic (exact) mass is 391 g/mol. The second-order valence-electron chi connectivity index (χ2n) is 6.09. The van der Waals surface area contributed by atoms with Gasteiger partial charge in [-0.3, -0.25) is 14.0 Å². The Kier molecular flexibility index (Phi) is 4.78. The van der Waals surface area contributed by atoms with E-state index >= 15 is 0 Å². The molecule has 0 spiro atoms. The lowest BCUT2D eigenvalue weighted by Gasteiger charge is -2.25. The van der Waals surface area contributed by atoms with E-state index in [1.807, 2.05) is 0 Å². The van der Waals surface area contributed by atoms with Crippen molar-refractivity contribution in [2.75, 3.05) is 4.72 Å². The summed E-state index contributed by atoms with van der Waals surface area (Å²) in [5.74, 6) is 0.0121. The number of nitrogens with zero attached hydrogens (tertiary/aromatic N) is 4. The first-order valence-electron chi connectivity index (χ1n) is 7.83. The summed E-state index contributed by atoms with van der Waals surface area (Å²) in [5.41, 5.74) is -1.20. The number of aromatic nitrogens is 4. The molecule has 0 bridgehead atoms. The largest absolute Gasteiger partial charge is 0.406 e. The zero-order valence-electron chi connectivity index (χ0n) is 13.5. The van der Waals surface area contributed by atoms with E-state index in [4.69, 9.17) is 0 Å². The summed E-state index contributed by atoms with van der Waals surface area (Å²) in [6.45, 7) is -1.04. The van der Waals surface area contributed by atoms with Gasteiger partial charge >= 0.3 is 11.9 Å². The zero-order valence-corrected chi connectivity index (χ0v) is 14.3. The van der Waals surface area contributed by atoms with Gasteiger partial charge in [-0.1, -0.05) is 6.42 Å². The van der Waals surface area contributed by atoms with Crippen molar-refractivity contribution in [3.63, 3.8) is 0 Å². The Bertz CT molecular complexity index is 947. The topological polar surface area (TPSA) is 98.9 Å². The van der Waals surface area contributed by atoms with Gasteiger partial charge in [0.1, 0.15) is 12.4 Å². The Labute approximate surface area is 146 Å². The summed E-state index contributed by atoms with van der Waals surface area (Å²) < 4.78 is 65.9. The van der Waals surface area contributed by atoms with Crippen LogP contribution < -0.4 is 10.4 Å². The second-order valence-corrected chi connectivity index (χ2v) is 7.72. The molecule has 26 heavy (non-hydrogen) atoms. The van der Waals surface area contributed by atoms with Crippen LogP contribution in [0.3, 0.4) is 0 Å². The molecular formula is C14H16F3N5O3S. The maximum absolute atomic E-state index is 12.5. The summed E-state index contributed by atoms with van der Waals surface area (Å²) >= 11 is 0. The molecule has 0 radical (unpaired) electrons. The van der Waals surface area contributed by atoms with Crippen LogP contribution in [0.15, 0.2) is 34.3 Å². The maximum atomic E-state index is 12.5. The van der Waals surface area contributed by atoms with Gasteiger partial charge in [0.05, 0.1) is 6.20 Å². The molecule has 0 saturated heterocycles. The Hall–Kier alpha value is -2.37. The minimum absolute atomic E-state index is 0.0920. The normalized spacial score (nSPS) is 15.7. The average molecular weight is 391 g/mol. The molecule has 12 heteroatoms. The summed E-state index contributed by atoms with van der Waals surface area (Å²) in [6, 6.07) is 2.31. The van der Waals surface area contributed by atoms with Gasteiger partial charge in [0.15, 0.2) is 5.03 Å². The summed E-state index contributed by atoms with van der Waals surface area (Å²) in [4.78, 5) is 15.0. The van der Waals surface area contributed by atoms with Gasteiger partial charge in [-0.2, -0.15) is 31.7 Å². The fraction of sp³-hybridized carbons (Fsp3) is 0.500. The van der Waals surface area contributed by atoms with E-state index in [0.717, 1.165) is 31.5 Å². The van der Waals surface area contributed by atoms with E-state index in [0.29, 0.717) is 17.0 Å². The van der Waals surface area contributed by atoms with E-state index in [1.54, 1.807) is 0 Å². The fourth-order valence-corrected chi connectivity index (χ4v) is 3.73. The van der Waals surface area contributed by atoms with Crippen LogP contribution in [0.25, 0.3) is 0 Å². The predicted molar refractivity (Wildman–Crippen MR) is 84.9 cm³/mol. The van der Waals surface area contributed by atoms with Gasteiger partial charge < -0.3 is 0 Å². The van der Waals surface area contributed by atoms with Crippen molar-refractivity contribution in [2.45, 2.75) is 43.6 Å². The number of nitrogens with one attached hydrogen (secondary N) is 1. The molecule has 8 nitrogen and oxygen atoms in total. The third-order valence-electron chi connectivity index (χ3n) is 4.07. The Morgan fingerprint density at radius 3 is 2.58 bits per heavy atom. The highest BCUT2D eigenvalue weighted by Crippen LogP contribution is 2.28. The van der Waals surface area contributed by atoms with Crippen molar-refractivity contribution in [3.8, 4) is 0 Å². The fourth-order valence-electron chi connectivity index (χ4n) is 2.60. The van der Waals surface area contributed by atoms with Crippen LogP contribution in [-0.4, -0.2) is 33.9 Å². The molecule has 1 fully saturated rings. The molecule has 2 aromatic rings.